The Kier molecular flexibility index (Phi) is 5.36. The molecule has 3 N–H and O–H groups in total. The van der Waals surface area contributed by atoms with Crippen molar-refractivity contribution in [3.05, 3.63) is 53.7 Å². The Morgan fingerprint density at radius 1 is 1.23 bits per heavy atom. The maximum Gasteiger partial charge on any atom is 0.255 e. The molecule has 2 rings (SSSR count). The second-order valence-corrected chi connectivity index (χ2v) is 5.37. The number of anilines is 1. The van der Waals surface area contributed by atoms with Crippen molar-refractivity contribution in [3.8, 4) is 5.75 Å². The molecular weight excluding hydrogens is 278 g/mol. The molecular formula is C17H21N3O2. The Balaban J connectivity index is 1.93. The Hall–Kier alpha value is -2.56. The summed E-state index contributed by atoms with van der Waals surface area (Å²) in [6, 6.07) is 10.7. The van der Waals surface area contributed by atoms with Crippen molar-refractivity contribution in [3.63, 3.8) is 0 Å². The number of carbonyl (C=O) groups is 1. The third-order valence-electron chi connectivity index (χ3n) is 3.11. The van der Waals surface area contributed by atoms with Crippen LogP contribution in [0.25, 0.3) is 0 Å². The molecule has 1 amide bonds. The van der Waals surface area contributed by atoms with Gasteiger partial charge < -0.3 is 15.7 Å². The van der Waals surface area contributed by atoms with Crippen LogP contribution in [0.4, 0.5) is 5.82 Å². The normalized spacial score (nSPS) is 10.5. The van der Waals surface area contributed by atoms with Crippen LogP contribution in [0.5, 0.6) is 5.75 Å². The van der Waals surface area contributed by atoms with E-state index in [1.807, 2.05) is 26.0 Å². The van der Waals surface area contributed by atoms with E-state index in [0.29, 0.717) is 24.3 Å². The first-order valence-electron chi connectivity index (χ1n) is 7.34. The highest BCUT2D eigenvalue weighted by atomic mass is 16.3. The summed E-state index contributed by atoms with van der Waals surface area (Å²) in [5.74, 6) is 0.696. The first kappa shape index (κ1) is 15.8. The highest BCUT2D eigenvalue weighted by molar-refractivity contribution is 5.98. The molecule has 0 saturated heterocycles. The second kappa shape index (κ2) is 7.45. The molecule has 22 heavy (non-hydrogen) atoms. The summed E-state index contributed by atoms with van der Waals surface area (Å²) < 4.78 is 0. The van der Waals surface area contributed by atoms with Gasteiger partial charge in [0.25, 0.3) is 5.91 Å². The lowest BCUT2D eigenvalue weighted by Crippen LogP contribution is -2.27. The number of nitrogens with zero attached hydrogens (tertiary/aromatic N) is 1. The van der Waals surface area contributed by atoms with Gasteiger partial charge in [0.15, 0.2) is 0 Å². The third-order valence-corrected chi connectivity index (χ3v) is 3.11. The molecule has 0 unspecified atom stereocenters. The van der Waals surface area contributed by atoms with Gasteiger partial charge in [-0.2, -0.15) is 0 Å². The molecule has 1 heterocycles. The predicted octanol–water partition coefficient (Wildman–Crippen LogP) is 2.58. The van der Waals surface area contributed by atoms with Crippen molar-refractivity contribution in [1.29, 1.82) is 0 Å². The van der Waals surface area contributed by atoms with E-state index >= 15 is 0 Å². The number of aromatic hydroxyl groups is 1. The minimum Gasteiger partial charge on any atom is -0.508 e. The van der Waals surface area contributed by atoms with Gasteiger partial charge in [-0.3, -0.25) is 4.79 Å². The Morgan fingerprint density at radius 3 is 2.64 bits per heavy atom. The Labute approximate surface area is 130 Å². The number of pyridine rings is 1. The summed E-state index contributed by atoms with van der Waals surface area (Å²) in [5, 5.41) is 15.3. The van der Waals surface area contributed by atoms with Gasteiger partial charge in [-0.05, 0) is 50.1 Å². The van der Waals surface area contributed by atoms with Gasteiger partial charge >= 0.3 is 0 Å². The maximum absolute atomic E-state index is 12.3. The van der Waals surface area contributed by atoms with Crippen molar-refractivity contribution >= 4 is 11.7 Å². The fourth-order valence-corrected chi connectivity index (χ4v) is 2.06. The van der Waals surface area contributed by atoms with Gasteiger partial charge in [0.05, 0.1) is 5.56 Å². The minimum absolute atomic E-state index is 0.143. The SMILES string of the molecule is CC(C)Nc1ncccc1C(=O)NCCc1ccc(O)cc1. The van der Waals surface area contributed by atoms with Crippen molar-refractivity contribution in [2.45, 2.75) is 26.3 Å². The average Bonchev–Trinajstić information content (AvgIpc) is 2.49. The average molecular weight is 299 g/mol. The number of aromatic nitrogens is 1. The maximum atomic E-state index is 12.3. The first-order chi connectivity index (χ1) is 10.6. The van der Waals surface area contributed by atoms with Crippen molar-refractivity contribution in [2.24, 2.45) is 0 Å². The summed E-state index contributed by atoms with van der Waals surface area (Å²) in [6.07, 6.45) is 2.37. The van der Waals surface area contributed by atoms with E-state index < -0.39 is 0 Å². The zero-order valence-corrected chi connectivity index (χ0v) is 12.8. The molecule has 2 aromatic rings. The monoisotopic (exact) mass is 299 g/mol. The number of amides is 1. The molecule has 5 nitrogen and oxygen atoms in total. The van der Waals surface area contributed by atoms with E-state index in [2.05, 4.69) is 15.6 Å². The first-order valence-corrected chi connectivity index (χ1v) is 7.34. The molecule has 0 bridgehead atoms. The zero-order valence-electron chi connectivity index (χ0n) is 12.8. The molecule has 0 spiro atoms. The van der Waals surface area contributed by atoms with Gasteiger partial charge in [0, 0.05) is 18.8 Å². The largest absolute Gasteiger partial charge is 0.508 e. The lowest BCUT2D eigenvalue weighted by atomic mass is 10.1. The van der Waals surface area contributed by atoms with E-state index in [1.54, 1.807) is 30.5 Å². The fraction of sp³-hybridized carbons (Fsp3) is 0.294. The lowest BCUT2D eigenvalue weighted by Gasteiger charge is -2.13. The van der Waals surface area contributed by atoms with Gasteiger partial charge in [-0.25, -0.2) is 4.98 Å². The van der Waals surface area contributed by atoms with Crippen LogP contribution in [-0.4, -0.2) is 28.6 Å². The molecule has 0 atom stereocenters. The van der Waals surface area contributed by atoms with E-state index in [-0.39, 0.29) is 17.7 Å². The number of hydrogen-bond acceptors (Lipinski definition) is 4. The van der Waals surface area contributed by atoms with Crippen LogP contribution < -0.4 is 10.6 Å². The molecule has 5 heteroatoms. The second-order valence-electron chi connectivity index (χ2n) is 5.37. The van der Waals surface area contributed by atoms with Crippen LogP contribution in [0, 0.1) is 0 Å². The number of carbonyl (C=O) groups excluding carboxylic acids is 1. The molecule has 116 valence electrons. The standard InChI is InChI=1S/C17H21N3O2/c1-12(2)20-16-15(4-3-10-18-16)17(22)19-11-9-13-5-7-14(21)8-6-13/h3-8,10,12,21H,9,11H2,1-2H3,(H,18,20)(H,19,22). The van der Waals surface area contributed by atoms with Crippen molar-refractivity contribution in [1.82, 2.24) is 10.3 Å². The minimum atomic E-state index is -0.143. The third kappa shape index (κ3) is 4.48. The fourth-order valence-electron chi connectivity index (χ4n) is 2.06. The number of nitrogens with one attached hydrogen (secondary N) is 2. The predicted molar refractivity (Wildman–Crippen MR) is 87.1 cm³/mol. The zero-order chi connectivity index (χ0) is 15.9. The molecule has 0 radical (unpaired) electrons. The Morgan fingerprint density at radius 2 is 1.95 bits per heavy atom. The summed E-state index contributed by atoms with van der Waals surface area (Å²) in [6.45, 7) is 4.53. The van der Waals surface area contributed by atoms with Gasteiger partial charge in [0.2, 0.25) is 0 Å². The van der Waals surface area contributed by atoms with Gasteiger partial charge in [0.1, 0.15) is 11.6 Å². The number of rotatable bonds is 6. The molecule has 0 aliphatic heterocycles. The molecule has 0 aliphatic rings. The smallest absolute Gasteiger partial charge is 0.255 e. The highest BCUT2D eigenvalue weighted by Crippen LogP contribution is 2.13. The van der Waals surface area contributed by atoms with Crippen LogP contribution in [0.3, 0.4) is 0 Å². The van der Waals surface area contributed by atoms with Crippen LogP contribution >= 0.6 is 0 Å². The highest BCUT2D eigenvalue weighted by Gasteiger charge is 2.12. The van der Waals surface area contributed by atoms with Crippen LogP contribution in [0.15, 0.2) is 42.6 Å². The van der Waals surface area contributed by atoms with Crippen molar-refractivity contribution in [2.75, 3.05) is 11.9 Å². The van der Waals surface area contributed by atoms with Gasteiger partial charge in [-0.1, -0.05) is 12.1 Å². The van der Waals surface area contributed by atoms with E-state index in [4.69, 9.17) is 0 Å². The van der Waals surface area contributed by atoms with Crippen LogP contribution in [0.2, 0.25) is 0 Å². The number of phenolic OH excluding ortho intramolecular Hbond substituents is 1. The molecule has 1 aromatic heterocycles. The van der Waals surface area contributed by atoms with Gasteiger partial charge in [-0.15, -0.1) is 0 Å². The van der Waals surface area contributed by atoms with E-state index in [1.165, 1.54) is 0 Å². The summed E-state index contributed by atoms with van der Waals surface area (Å²) >= 11 is 0. The summed E-state index contributed by atoms with van der Waals surface area (Å²) in [5.41, 5.74) is 1.60. The molecule has 0 fully saturated rings. The van der Waals surface area contributed by atoms with Crippen LogP contribution in [0.1, 0.15) is 29.8 Å². The quantitative estimate of drug-likeness (QED) is 0.766. The summed E-state index contributed by atoms with van der Waals surface area (Å²) in [7, 11) is 0. The summed E-state index contributed by atoms with van der Waals surface area (Å²) in [4.78, 5) is 16.5. The molecule has 0 saturated carbocycles. The van der Waals surface area contributed by atoms with E-state index in [9.17, 15) is 9.90 Å². The topological polar surface area (TPSA) is 74.2 Å². The number of benzene rings is 1. The van der Waals surface area contributed by atoms with Crippen molar-refractivity contribution < 1.29 is 9.90 Å². The van der Waals surface area contributed by atoms with E-state index in [0.717, 1.165) is 5.56 Å². The lowest BCUT2D eigenvalue weighted by molar-refractivity contribution is 0.0954. The number of phenols is 1. The Bertz CT molecular complexity index is 624. The molecule has 1 aromatic carbocycles. The molecule has 0 aliphatic carbocycles. The van der Waals surface area contributed by atoms with Crippen LogP contribution in [-0.2, 0) is 6.42 Å². The number of hydrogen-bond donors (Lipinski definition) is 3.